The minimum Gasteiger partial charge on any atom is -0.489 e. The number of hydrogen-bond donors (Lipinski definition) is 2. The van der Waals surface area contributed by atoms with Crippen LogP contribution in [0.1, 0.15) is 12.5 Å². The first-order valence-corrected chi connectivity index (χ1v) is 8.11. The normalized spacial score (nSPS) is 14.8. The Labute approximate surface area is 153 Å². The molecular formula is C19H22ClFN2O2. The number of carbonyl (C=O) groups excluding carboxylic acids is 1. The summed E-state index contributed by atoms with van der Waals surface area (Å²) in [5.41, 5.74) is 1.60. The second kappa shape index (κ2) is 8.83. The summed E-state index contributed by atoms with van der Waals surface area (Å²) in [6.07, 6.45) is 0. The summed E-state index contributed by atoms with van der Waals surface area (Å²) in [5.74, 6) is 0.810. The summed E-state index contributed by atoms with van der Waals surface area (Å²) in [7, 11) is 0. The first-order chi connectivity index (χ1) is 11.6. The van der Waals surface area contributed by atoms with Crippen molar-refractivity contribution in [3.05, 3.63) is 59.9 Å². The average molecular weight is 365 g/mol. The van der Waals surface area contributed by atoms with E-state index in [-0.39, 0.29) is 30.0 Å². The highest BCUT2D eigenvalue weighted by Crippen LogP contribution is 2.22. The van der Waals surface area contributed by atoms with E-state index in [1.165, 1.54) is 12.1 Å². The van der Waals surface area contributed by atoms with Crippen LogP contribution < -0.4 is 15.4 Å². The Balaban J connectivity index is 0.00000225. The van der Waals surface area contributed by atoms with E-state index in [1.54, 1.807) is 18.2 Å². The molecular weight excluding hydrogens is 343 g/mol. The van der Waals surface area contributed by atoms with Crippen molar-refractivity contribution >= 4 is 24.0 Å². The number of hydrogen-bond acceptors (Lipinski definition) is 3. The summed E-state index contributed by atoms with van der Waals surface area (Å²) in [6, 6.07) is 13.5. The highest BCUT2D eigenvalue weighted by molar-refractivity contribution is 5.92. The molecule has 1 fully saturated rings. The minimum atomic E-state index is -0.265. The molecule has 4 nitrogen and oxygen atoms in total. The van der Waals surface area contributed by atoms with Crippen LogP contribution in [0.4, 0.5) is 10.1 Å². The monoisotopic (exact) mass is 364 g/mol. The molecule has 2 aromatic carbocycles. The molecule has 1 atom stereocenters. The van der Waals surface area contributed by atoms with E-state index in [0.29, 0.717) is 18.3 Å². The molecule has 3 rings (SSSR count). The minimum absolute atomic E-state index is 0. The van der Waals surface area contributed by atoms with E-state index in [9.17, 15) is 9.18 Å². The number of ether oxygens (including phenoxy) is 1. The molecule has 0 aromatic heterocycles. The van der Waals surface area contributed by atoms with Crippen LogP contribution in [0.15, 0.2) is 48.5 Å². The SMILES string of the molecule is CC(C(=O)Nc1cccc(OCc2ccc(F)cc2)c1)C1CNC1.Cl. The van der Waals surface area contributed by atoms with Crippen molar-refractivity contribution in [1.29, 1.82) is 0 Å². The van der Waals surface area contributed by atoms with Crippen molar-refractivity contribution in [2.24, 2.45) is 11.8 Å². The van der Waals surface area contributed by atoms with Gasteiger partial charge in [0.25, 0.3) is 0 Å². The van der Waals surface area contributed by atoms with Crippen LogP contribution >= 0.6 is 12.4 Å². The number of rotatable bonds is 6. The Morgan fingerprint density at radius 1 is 1.28 bits per heavy atom. The molecule has 0 spiro atoms. The van der Waals surface area contributed by atoms with Gasteiger partial charge in [-0.2, -0.15) is 0 Å². The third-order valence-electron chi connectivity index (χ3n) is 4.35. The molecule has 1 aliphatic heterocycles. The summed E-state index contributed by atoms with van der Waals surface area (Å²) >= 11 is 0. The molecule has 0 aliphatic carbocycles. The highest BCUT2D eigenvalue weighted by Gasteiger charge is 2.28. The number of amides is 1. The molecule has 1 aliphatic rings. The Kier molecular flexibility index (Phi) is 6.79. The maximum atomic E-state index is 12.9. The zero-order chi connectivity index (χ0) is 16.9. The fourth-order valence-electron chi connectivity index (χ4n) is 2.55. The zero-order valence-corrected chi connectivity index (χ0v) is 14.8. The molecule has 6 heteroatoms. The van der Waals surface area contributed by atoms with Crippen molar-refractivity contribution in [1.82, 2.24) is 5.32 Å². The van der Waals surface area contributed by atoms with Gasteiger partial charge in [-0.05, 0) is 48.8 Å². The van der Waals surface area contributed by atoms with Gasteiger partial charge >= 0.3 is 0 Å². The Bertz CT molecular complexity index is 705. The lowest BCUT2D eigenvalue weighted by molar-refractivity contribution is -0.121. The number of nitrogens with one attached hydrogen (secondary N) is 2. The molecule has 1 unspecified atom stereocenters. The number of carbonyl (C=O) groups is 1. The fourth-order valence-corrected chi connectivity index (χ4v) is 2.55. The lowest BCUT2D eigenvalue weighted by Crippen LogP contribution is -2.48. The number of benzene rings is 2. The lowest BCUT2D eigenvalue weighted by atomic mass is 9.88. The maximum Gasteiger partial charge on any atom is 0.227 e. The number of halogens is 2. The van der Waals surface area contributed by atoms with Gasteiger partial charge in [-0.15, -0.1) is 12.4 Å². The van der Waals surface area contributed by atoms with Crippen LogP contribution in [0.5, 0.6) is 5.75 Å². The van der Waals surface area contributed by atoms with Crippen LogP contribution in [0.25, 0.3) is 0 Å². The Morgan fingerprint density at radius 3 is 2.64 bits per heavy atom. The molecule has 1 heterocycles. The molecule has 1 amide bonds. The van der Waals surface area contributed by atoms with E-state index in [0.717, 1.165) is 24.3 Å². The molecule has 2 aromatic rings. The van der Waals surface area contributed by atoms with E-state index in [1.807, 2.05) is 25.1 Å². The van der Waals surface area contributed by atoms with Crippen LogP contribution in [0, 0.1) is 17.7 Å². The standard InChI is InChI=1S/C19H21FN2O2.ClH/c1-13(15-10-21-11-15)19(23)22-17-3-2-4-18(9-17)24-12-14-5-7-16(20)8-6-14;/h2-9,13,15,21H,10-12H2,1H3,(H,22,23);1H. The van der Waals surface area contributed by atoms with Crippen molar-refractivity contribution in [3.63, 3.8) is 0 Å². The van der Waals surface area contributed by atoms with Gasteiger partial charge in [0.15, 0.2) is 0 Å². The van der Waals surface area contributed by atoms with Crippen LogP contribution in [-0.2, 0) is 11.4 Å². The van der Waals surface area contributed by atoms with Gasteiger partial charge in [0.2, 0.25) is 5.91 Å². The zero-order valence-electron chi connectivity index (χ0n) is 14.0. The Morgan fingerprint density at radius 2 is 2.00 bits per heavy atom. The summed E-state index contributed by atoms with van der Waals surface area (Å²) < 4.78 is 18.6. The molecule has 0 radical (unpaired) electrons. The van der Waals surface area contributed by atoms with E-state index >= 15 is 0 Å². The van der Waals surface area contributed by atoms with Crippen molar-refractivity contribution in [3.8, 4) is 5.75 Å². The van der Waals surface area contributed by atoms with E-state index in [2.05, 4.69) is 10.6 Å². The predicted molar refractivity (Wildman–Crippen MR) is 98.6 cm³/mol. The molecule has 1 saturated heterocycles. The van der Waals surface area contributed by atoms with Crippen molar-refractivity contribution < 1.29 is 13.9 Å². The van der Waals surface area contributed by atoms with E-state index in [4.69, 9.17) is 4.74 Å². The number of anilines is 1. The second-order valence-electron chi connectivity index (χ2n) is 6.14. The maximum absolute atomic E-state index is 12.9. The van der Waals surface area contributed by atoms with Crippen molar-refractivity contribution in [2.45, 2.75) is 13.5 Å². The van der Waals surface area contributed by atoms with Crippen LogP contribution in [0.3, 0.4) is 0 Å². The molecule has 2 N–H and O–H groups in total. The third-order valence-corrected chi connectivity index (χ3v) is 4.35. The third kappa shape index (κ3) is 5.18. The van der Waals surface area contributed by atoms with E-state index < -0.39 is 0 Å². The lowest BCUT2D eigenvalue weighted by Gasteiger charge is -2.31. The van der Waals surface area contributed by atoms with Gasteiger partial charge < -0.3 is 15.4 Å². The molecule has 0 saturated carbocycles. The first-order valence-electron chi connectivity index (χ1n) is 8.11. The van der Waals surface area contributed by atoms with Crippen LogP contribution in [0.2, 0.25) is 0 Å². The van der Waals surface area contributed by atoms with Gasteiger partial charge in [0.1, 0.15) is 18.2 Å². The highest BCUT2D eigenvalue weighted by atomic mass is 35.5. The fraction of sp³-hybridized carbons (Fsp3) is 0.316. The van der Waals surface area contributed by atoms with Gasteiger partial charge in [-0.3, -0.25) is 4.79 Å². The quantitative estimate of drug-likeness (QED) is 0.823. The topological polar surface area (TPSA) is 50.4 Å². The van der Waals surface area contributed by atoms with Gasteiger partial charge in [-0.25, -0.2) is 4.39 Å². The molecule has 134 valence electrons. The summed E-state index contributed by atoms with van der Waals surface area (Å²) in [6.45, 7) is 4.10. The van der Waals surface area contributed by atoms with Gasteiger partial charge in [0, 0.05) is 17.7 Å². The van der Waals surface area contributed by atoms with Gasteiger partial charge in [-0.1, -0.05) is 25.1 Å². The Hall–Kier alpha value is -2.11. The predicted octanol–water partition coefficient (Wildman–Crippen LogP) is 3.62. The van der Waals surface area contributed by atoms with Crippen molar-refractivity contribution in [2.75, 3.05) is 18.4 Å². The van der Waals surface area contributed by atoms with Gasteiger partial charge in [0.05, 0.1) is 0 Å². The van der Waals surface area contributed by atoms with Crippen LogP contribution in [-0.4, -0.2) is 19.0 Å². The first kappa shape index (κ1) is 19.2. The average Bonchev–Trinajstić information content (AvgIpc) is 2.53. The summed E-state index contributed by atoms with van der Waals surface area (Å²) in [5, 5.41) is 6.12. The second-order valence-corrected chi connectivity index (χ2v) is 6.14. The molecule has 0 bridgehead atoms. The smallest absolute Gasteiger partial charge is 0.227 e. The summed E-state index contributed by atoms with van der Waals surface area (Å²) in [4.78, 5) is 12.3. The largest absolute Gasteiger partial charge is 0.489 e. The molecule has 25 heavy (non-hydrogen) atoms.